The fraction of sp³-hybridized carbons (Fsp3) is 0.278. The van der Waals surface area contributed by atoms with Crippen molar-refractivity contribution in [3.8, 4) is 0 Å². The summed E-state index contributed by atoms with van der Waals surface area (Å²) >= 11 is 0. The first-order valence-corrected chi connectivity index (χ1v) is 8.02. The molecule has 0 saturated carbocycles. The number of hydrogen-bond acceptors (Lipinski definition) is 6. The van der Waals surface area contributed by atoms with Crippen molar-refractivity contribution in [1.82, 2.24) is 25.1 Å². The van der Waals surface area contributed by atoms with Crippen LogP contribution in [0.2, 0.25) is 0 Å². The SMILES string of the molecule is CC(C)c1cnnc(Nc2ccc3ncc(C(=O)N(C)C)cc3n2)c1. The molecule has 3 aromatic rings. The molecular formula is C18H20N6O. The van der Waals surface area contributed by atoms with Crippen molar-refractivity contribution in [2.24, 2.45) is 0 Å². The van der Waals surface area contributed by atoms with Crippen LogP contribution in [0.25, 0.3) is 11.0 Å². The summed E-state index contributed by atoms with van der Waals surface area (Å²) in [5.74, 6) is 1.51. The van der Waals surface area contributed by atoms with Crippen LogP contribution in [0.5, 0.6) is 0 Å². The molecule has 25 heavy (non-hydrogen) atoms. The van der Waals surface area contributed by atoms with Gasteiger partial charge in [-0.25, -0.2) is 4.98 Å². The molecule has 1 N–H and O–H groups in total. The van der Waals surface area contributed by atoms with E-state index in [4.69, 9.17) is 0 Å². The Morgan fingerprint density at radius 3 is 2.60 bits per heavy atom. The van der Waals surface area contributed by atoms with E-state index in [2.05, 4.69) is 39.3 Å². The Hall–Kier alpha value is -3.09. The van der Waals surface area contributed by atoms with Crippen molar-refractivity contribution in [1.29, 1.82) is 0 Å². The van der Waals surface area contributed by atoms with Gasteiger partial charge in [0.05, 0.1) is 22.8 Å². The molecule has 3 heterocycles. The third-order valence-corrected chi connectivity index (χ3v) is 3.79. The van der Waals surface area contributed by atoms with Gasteiger partial charge < -0.3 is 10.2 Å². The van der Waals surface area contributed by atoms with E-state index in [1.807, 2.05) is 18.2 Å². The molecule has 0 saturated heterocycles. The van der Waals surface area contributed by atoms with E-state index in [0.29, 0.717) is 28.6 Å². The molecule has 7 heteroatoms. The smallest absolute Gasteiger partial charge is 0.254 e. The summed E-state index contributed by atoms with van der Waals surface area (Å²) in [6.45, 7) is 4.20. The third-order valence-electron chi connectivity index (χ3n) is 3.79. The van der Waals surface area contributed by atoms with Gasteiger partial charge in [-0.1, -0.05) is 13.8 Å². The molecular weight excluding hydrogens is 316 g/mol. The highest BCUT2D eigenvalue weighted by atomic mass is 16.2. The van der Waals surface area contributed by atoms with Gasteiger partial charge in [0.1, 0.15) is 5.82 Å². The van der Waals surface area contributed by atoms with Crippen molar-refractivity contribution in [2.75, 3.05) is 19.4 Å². The molecule has 0 radical (unpaired) electrons. The lowest BCUT2D eigenvalue weighted by molar-refractivity contribution is 0.0827. The van der Waals surface area contributed by atoms with Crippen LogP contribution in [0.3, 0.4) is 0 Å². The van der Waals surface area contributed by atoms with E-state index in [-0.39, 0.29) is 5.91 Å². The third kappa shape index (κ3) is 3.71. The highest BCUT2D eigenvalue weighted by Gasteiger charge is 2.10. The Balaban J connectivity index is 1.92. The summed E-state index contributed by atoms with van der Waals surface area (Å²) in [5.41, 5.74) is 2.97. The molecule has 0 aliphatic heterocycles. The first-order chi connectivity index (χ1) is 11.9. The van der Waals surface area contributed by atoms with E-state index in [9.17, 15) is 4.79 Å². The van der Waals surface area contributed by atoms with E-state index in [1.165, 1.54) is 4.90 Å². The van der Waals surface area contributed by atoms with Crippen molar-refractivity contribution in [3.63, 3.8) is 0 Å². The van der Waals surface area contributed by atoms with Crippen LogP contribution >= 0.6 is 0 Å². The van der Waals surface area contributed by atoms with Crippen molar-refractivity contribution in [2.45, 2.75) is 19.8 Å². The number of aromatic nitrogens is 4. The number of carbonyl (C=O) groups is 1. The second kappa shape index (κ2) is 6.80. The molecule has 0 aliphatic rings. The van der Waals surface area contributed by atoms with E-state index >= 15 is 0 Å². The number of nitrogens with one attached hydrogen (secondary N) is 1. The second-order valence-electron chi connectivity index (χ2n) is 6.31. The van der Waals surface area contributed by atoms with Crippen molar-refractivity contribution >= 4 is 28.6 Å². The summed E-state index contributed by atoms with van der Waals surface area (Å²) in [6.07, 6.45) is 3.32. The summed E-state index contributed by atoms with van der Waals surface area (Å²) in [4.78, 5) is 22.4. The number of amides is 1. The first-order valence-electron chi connectivity index (χ1n) is 8.02. The largest absolute Gasteiger partial charge is 0.345 e. The Morgan fingerprint density at radius 1 is 1.08 bits per heavy atom. The fourth-order valence-corrected chi connectivity index (χ4v) is 2.34. The second-order valence-corrected chi connectivity index (χ2v) is 6.31. The quantitative estimate of drug-likeness (QED) is 0.788. The number of nitrogens with zero attached hydrogens (tertiary/aromatic N) is 5. The van der Waals surface area contributed by atoms with Crippen LogP contribution in [-0.2, 0) is 0 Å². The number of anilines is 2. The Labute approximate surface area is 146 Å². The zero-order valence-electron chi connectivity index (χ0n) is 14.7. The minimum Gasteiger partial charge on any atom is -0.345 e. The zero-order valence-corrected chi connectivity index (χ0v) is 14.7. The number of carbonyl (C=O) groups excluding carboxylic acids is 1. The first kappa shape index (κ1) is 16.8. The highest BCUT2D eigenvalue weighted by molar-refractivity contribution is 5.96. The Morgan fingerprint density at radius 2 is 1.88 bits per heavy atom. The van der Waals surface area contributed by atoms with Crippen LogP contribution in [0.1, 0.15) is 35.7 Å². The number of pyridine rings is 2. The lowest BCUT2D eigenvalue weighted by Crippen LogP contribution is -2.21. The predicted molar refractivity (Wildman–Crippen MR) is 97.0 cm³/mol. The molecule has 0 bridgehead atoms. The molecule has 3 rings (SSSR count). The molecule has 0 aromatic carbocycles. The molecule has 7 nitrogen and oxygen atoms in total. The van der Waals surface area contributed by atoms with Gasteiger partial charge in [-0.15, -0.1) is 5.10 Å². The molecule has 0 aliphatic carbocycles. The summed E-state index contributed by atoms with van der Waals surface area (Å²) in [6, 6.07) is 7.38. The highest BCUT2D eigenvalue weighted by Crippen LogP contribution is 2.20. The topological polar surface area (TPSA) is 83.9 Å². The van der Waals surface area contributed by atoms with Gasteiger partial charge in [0.25, 0.3) is 5.91 Å². The maximum Gasteiger partial charge on any atom is 0.254 e. The van der Waals surface area contributed by atoms with Crippen LogP contribution in [0.15, 0.2) is 36.7 Å². The van der Waals surface area contributed by atoms with Crippen LogP contribution in [-0.4, -0.2) is 45.1 Å². The number of hydrogen-bond donors (Lipinski definition) is 1. The lowest BCUT2D eigenvalue weighted by atomic mass is 10.1. The minimum atomic E-state index is -0.106. The average Bonchev–Trinajstić information content (AvgIpc) is 2.60. The van der Waals surface area contributed by atoms with Crippen LogP contribution in [0.4, 0.5) is 11.6 Å². The maximum atomic E-state index is 12.1. The van der Waals surface area contributed by atoms with Crippen LogP contribution < -0.4 is 5.32 Å². The van der Waals surface area contributed by atoms with Gasteiger partial charge in [-0.3, -0.25) is 9.78 Å². The molecule has 0 atom stereocenters. The van der Waals surface area contributed by atoms with Crippen molar-refractivity contribution in [3.05, 3.63) is 47.8 Å². The molecule has 0 unspecified atom stereocenters. The van der Waals surface area contributed by atoms with Gasteiger partial charge in [-0.2, -0.15) is 5.10 Å². The molecule has 0 spiro atoms. The summed E-state index contributed by atoms with van der Waals surface area (Å²) in [5, 5.41) is 11.3. The Kier molecular flexibility index (Phi) is 4.56. The molecule has 128 valence electrons. The van der Waals surface area contributed by atoms with Gasteiger partial charge in [0.15, 0.2) is 5.82 Å². The monoisotopic (exact) mass is 336 g/mol. The summed E-state index contributed by atoms with van der Waals surface area (Å²) in [7, 11) is 3.41. The minimum absolute atomic E-state index is 0.106. The average molecular weight is 336 g/mol. The van der Waals surface area contributed by atoms with E-state index in [1.54, 1.807) is 32.6 Å². The van der Waals surface area contributed by atoms with Crippen molar-refractivity contribution < 1.29 is 4.79 Å². The predicted octanol–water partition coefficient (Wildman–Crippen LogP) is 2.99. The van der Waals surface area contributed by atoms with E-state index < -0.39 is 0 Å². The number of rotatable bonds is 4. The van der Waals surface area contributed by atoms with Gasteiger partial charge in [0.2, 0.25) is 0 Å². The molecule has 1 amide bonds. The fourth-order valence-electron chi connectivity index (χ4n) is 2.34. The normalized spacial score (nSPS) is 10.9. The number of fused-ring (bicyclic) bond motifs is 1. The molecule has 0 fully saturated rings. The van der Waals surface area contributed by atoms with E-state index in [0.717, 1.165) is 11.1 Å². The summed E-state index contributed by atoms with van der Waals surface area (Å²) < 4.78 is 0. The standard InChI is InChI=1S/C18H20N6O/c1-11(2)12-8-17(23-20-10-12)22-16-6-5-14-15(21-16)7-13(9-19-14)18(25)24(3)4/h5-11H,1-4H3,(H,21,22,23). The van der Waals surface area contributed by atoms with Crippen LogP contribution in [0, 0.1) is 0 Å². The maximum absolute atomic E-state index is 12.1. The Bertz CT molecular complexity index is 922. The molecule has 3 aromatic heterocycles. The van der Waals surface area contributed by atoms with Gasteiger partial charge >= 0.3 is 0 Å². The zero-order chi connectivity index (χ0) is 18.0. The lowest BCUT2D eigenvalue weighted by Gasteiger charge is -2.11. The van der Waals surface area contributed by atoms with Gasteiger partial charge in [0, 0.05) is 20.3 Å². The van der Waals surface area contributed by atoms with Gasteiger partial charge in [-0.05, 0) is 35.7 Å².